The molecule has 0 atom stereocenters. The van der Waals surface area contributed by atoms with Crippen LogP contribution in [0, 0.1) is 18.3 Å². The Labute approximate surface area is 100 Å². The van der Waals surface area contributed by atoms with Crippen LogP contribution in [0.25, 0.3) is 11.3 Å². The minimum absolute atomic E-state index is 0.298. The zero-order valence-electron chi connectivity index (χ0n) is 9.91. The van der Waals surface area contributed by atoms with Crippen molar-refractivity contribution in [3.05, 3.63) is 35.2 Å². The molecule has 86 valence electrons. The fraction of sp³-hybridized carbons (Fsp3) is 0.231. The highest BCUT2D eigenvalue weighted by molar-refractivity contribution is 5.77. The molecule has 0 radical (unpaired) electrons. The van der Waals surface area contributed by atoms with E-state index in [-0.39, 0.29) is 0 Å². The molecule has 4 heteroatoms. The summed E-state index contributed by atoms with van der Waals surface area (Å²) in [5.74, 6) is 0.298. The van der Waals surface area contributed by atoms with Crippen molar-refractivity contribution in [1.82, 2.24) is 9.97 Å². The molecule has 2 aromatic rings. The summed E-state index contributed by atoms with van der Waals surface area (Å²) in [6.07, 6.45) is 2.66. The Morgan fingerprint density at radius 1 is 1.53 bits per heavy atom. The van der Waals surface area contributed by atoms with Crippen LogP contribution in [0.4, 0.5) is 5.82 Å². The summed E-state index contributed by atoms with van der Waals surface area (Å²) in [6.45, 7) is 3.97. The van der Waals surface area contributed by atoms with Gasteiger partial charge >= 0.3 is 0 Å². The van der Waals surface area contributed by atoms with Crippen molar-refractivity contribution in [1.29, 1.82) is 5.26 Å². The van der Waals surface area contributed by atoms with Gasteiger partial charge in [-0.2, -0.15) is 5.26 Å². The van der Waals surface area contributed by atoms with Crippen molar-refractivity contribution in [3.63, 3.8) is 0 Å². The van der Waals surface area contributed by atoms with Crippen LogP contribution < -0.4 is 5.73 Å². The van der Waals surface area contributed by atoms with Crippen LogP contribution in [0.2, 0.25) is 0 Å². The maximum absolute atomic E-state index is 9.23. The largest absolute Gasteiger partial charge is 0.383 e. The molecule has 0 aromatic carbocycles. The second kappa shape index (κ2) is 4.30. The summed E-state index contributed by atoms with van der Waals surface area (Å²) < 4.78 is 0. The van der Waals surface area contributed by atoms with Crippen molar-refractivity contribution < 1.29 is 0 Å². The molecule has 2 heterocycles. The molecule has 3 N–H and O–H groups in total. The molecular formula is C13H14N4. The number of anilines is 1. The molecule has 4 nitrogen and oxygen atoms in total. The number of nitriles is 1. The maximum atomic E-state index is 9.23. The summed E-state index contributed by atoms with van der Waals surface area (Å²) in [4.78, 5) is 7.35. The average Bonchev–Trinajstić information content (AvgIpc) is 2.81. The van der Waals surface area contributed by atoms with Gasteiger partial charge in [0.05, 0.1) is 0 Å². The van der Waals surface area contributed by atoms with Crippen molar-refractivity contribution in [2.75, 3.05) is 5.73 Å². The van der Waals surface area contributed by atoms with Crippen molar-refractivity contribution >= 4 is 5.82 Å². The fourth-order valence-corrected chi connectivity index (χ4v) is 2.09. The minimum atomic E-state index is 0.298. The van der Waals surface area contributed by atoms with Crippen LogP contribution in [-0.4, -0.2) is 9.97 Å². The number of hydrogen-bond acceptors (Lipinski definition) is 3. The number of rotatable bonds is 2. The van der Waals surface area contributed by atoms with Crippen LogP contribution in [0.5, 0.6) is 0 Å². The van der Waals surface area contributed by atoms with Crippen molar-refractivity contribution in [2.24, 2.45) is 0 Å². The normalized spacial score (nSPS) is 10.2. The lowest BCUT2D eigenvalue weighted by molar-refractivity contribution is 1.05. The zero-order valence-corrected chi connectivity index (χ0v) is 9.91. The van der Waals surface area contributed by atoms with Gasteiger partial charge in [-0.05, 0) is 31.0 Å². The van der Waals surface area contributed by atoms with Gasteiger partial charge in [0.2, 0.25) is 0 Å². The Balaban J connectivity index is 2.83. The van der Waals surface area contributed by atoms with E-state index in [4.69, 9.17) is 5.73 Å². The van der Waals surface area contributed by atoms with Crippen LogP contribution in [0.1, 0.15) is 23.7 Å². The third kappa shape index (κ3) is 1.76. The quantitative estimate of drug-likeness (QED) is 0.825. The highest BCUT2D eigenvalue weighted by Gasteiger charge is 2.17. The van der Waals surface area contributed by atoms with E-state index in [1.165, 1.54) is 0 Å². The third-order valence-electron chi connectivity index (χ3n) is 2.87. The Morgan fingerprint density at radius 2 is 2.29 bits per heavy atom. The van der Waals surface area contributed by atoms with E-state index in [9.17, 15) is 5.26 Å². The lowest BCUT2D eigenvalue weighted by Gasteiger charge is -2.13. The van der Waals surface area contributed by atoms with Crippen LogP contribution in [0.3, 0.4) is 0 Å². The number of aromatic nitrogens is 2. The van der Waals surface area contributed by atoms with Gasteiger partial charge < -0.3 is 10.7 Å². The van der Waals surface area contributed by atoms with Crippen LogP contribution >= 0.6 is 0 Å². The second-order valence-corrected chi connectivity index (χ2v) is 3.86. The third-order valence-corrected chi connectivity index (χ3v) is 2.87. The number of aromatic amines is 1. The second-order valence-electron chi connectivity index (χ2n) is 3.86. The van der Waals surface area contributed by atoms with Gasteiger partial charge in [0.15, 0.2) is 0 Å². The summed E-state index contributed by atoms with van der Waals surface area (Å²) in [5.41, 5.74) is 10.0. The summed E-state index contributed by atoms with van der Waals surface area (Å²) in [6, 6.07) is 5.99. The van der Waals surface area contributed by atoms with Crippen molar-refractivity contribution in [3.8, 4) is 17.3 Å². The van der Waals surface area contributed by atoms with Crippen LogP contribution in [-0.2, 0) is 6.42 Å². The fourth-order valence-electron chi connectivity index (χ4n) is 2.09. The standard InChI is InChI=1S/C13H14N4/c1-3-9-8(2)17-13(15)10(7-14)12(9)11-5-4-6-16-11/h4-6,16H,3H2,1-2H3,(H2,15,17). The highest BCUT2D eigenvalue weighted by Crippen LogP contribution is 2.31. The van der Waals surface area contributed by atoms with Crippen molar-refractivity contribution in [2.45, 2.75) is 20.3 Å². The summed E-state index contributed by atoms with van der Waals surface area (Å²) in [7, 11) is 0. The molecule has 0 saturated carbocycles. The number of nitrogens with two attached hydrogens (primary N) is 1. The number of hydrogen-bond donors (Lipinski definition) is 2. The monoisotopic (exact) mass is 226 g/mol. The van der Waals surface area contributed by atoms with E-state index in [1.807, 2.05) is 32.2 Å². The molecular weight excluding hydrogens is 212 g/mol. The number of H-pyrrole nitrogens is 1. The first-order chi connectivity index (χ1) is 8.19. The topological polar surface area (TPSA) is 78.5 Å². The molecule has 0 bridgehead atoms. The van der Waals surface area contributed by atoms with Gasteiger partial charge in [-0.3, -0.25) is 0 Å². The van der Waals surface area contributed by atoms with E-state index in [0.717, 1.165) is 28.9 Å². The molecule has 0 aliphatic heterocycles. The number of nitrogen functional groups attached to an aromatic ring is 1. The van der Waals surface area contributed by atoms with E-state index in [1.54, 1.807) is 0 Å². The number of aryl methyl sites for hydroxylation is 1. The van der Waals surface area contributed by atoms with Gasteiger partial charge in [-0.15, -0.1) is 0 Å². The summed E-state index contributed by atoms with van der Waals surface area (Å²) >= 11 is 0. The van der Waals surface area contributed by atoms with E-state index < -0.39 is 0 Å². The lowest BCUT2D eigenvalue weighted by atomic mass is 9.96. The smallest absolute Gasteiger partial charge is 0.142 e. The van der Waals surface area contributed by atoms with Gasteiger partial charge in [-0.1, -0.05) is 6.92 Å². The van der Waals surface area contributed by atoms with Gasteiger partial charge in [0, 0.05) is 23.1 Å². The average molecular weight is 226 g/mol. The molecule has 0 fully saturated rings. The van der Waals surface area contributed by atoms with Crippen LogP contribution in [0.15, 0.2) is 18.3 Å². The van der Waals surface area contributed by atoms with Gasteiger partial charge in [0.25, 0.3) is 0 Å². The molecule has 2 rings (SSSR count). The maximum Gasteiger partial charge on any atom is 0.142 e. The molecule has 0 spiro atoms. The first-order valence-corrected chi connectivity index (χ1v) is 5.51. The predicted molar refractivity (Wildman–Crippen MR) is 67.3 cm³/mol. The molecule has 2 aromatic heterocycles. The van der Waals surface area contributed by atoms with Gasteiger partial charge in [-0.25, -0.2) is 4.98 Å². The highest BCUT2D eigenvalue weighted by atomic mass is 14.9. The Kier molecular flexibility index (Phi) is 2.84. The molecule has 0 unspecified atom stereocenters. The molecule has 17 heavy (non-hydrogen) atoms. The Morgan fingerprint density at radius 3 is 2.82 bits per heavy atom. The van der Waals surface area contributed by atoms with E-state index in [0.29, 0.717) is 11.4 Å². The van der Waals surface area contributed by atoms with E-state index >= 15 is 0 Å². The lowest BCUT2D eigenvalue weighted by Crippen LogP contribution is -2.05. The Hall–Kier alpha value is -2.28. The van der Waals surface area contributed by atoms with E-state index in [2.05, 4.69) is 16.0 Å². The Bertz CT molecular complexity index is 576. The number of nitrogens with one attached hydrogen (secondary N) is 1. The molecule has 0 saturated heterocycles. The molecule has 0 aliphatic rings. The number of nitrogens with zero attached hydrogens (tertiary/aromatic N) is 2. The molecule has 0 aliphatic carbocycles. The first-order valence-electron chi connectivity index (χ1n) is 5.51. The number of pyridine rings is 1. The first kappa shape index (κ1) is 11.2. The SMILES string of the molecule is CCc1c(C)nc(N)c(C#N)c1-c1ccc[nH]1. The predicted octanol–water partition coefficient (Wildman–Crippen LogP) is 2.40. The molecule has 0 amide bonds. The summed E-state index contributed by atoms with van der Waals surface area (Å²) in [5, 5.41) is 9.23. The van der Waals surface area contributed by atoms with Gasteiger partial charge in [0.1, 0.15) is 17.5 Å². The minimum Gasteiger partial charge on any atom is -0.383 e. The zero-order chi connectivity index (χ0) is 12.4.